The van der Waals surface area contributed by atoms with Crippen molar-refractivity contribution in [3.05, 3.63) is 30.2 Å². The van der Waals surface area contributed by atoms with Crippen molar-refractivity contribution in [2.75, 3.05) is 33.2 Å². The molecule has 1 aliphatic carbocycles. The number of fused-ring (bicyclic) bond motifs is 1. The third kappa shape index (κ3) is 2.04. The molecule has 3 rings (SSSR count). The molecule has 0 saturated carbocycles. The van der Waals surface area contributed by atoms with E-state index in [0.29, 0.717) is 11.8 Å². The van der Waals surface area contributed by atoms with Crippen LogP contribution >= 0.6 is 0 Å². The predicted octanol–water partition coefficient (Wildman–Crippen LogP) is 1.10. The lowest BCUT2D eigenvalue weighted by Crippen LogP contribution is -2.35. The Hall–Kier alpha value is -1.09. The molecule has 2 heterocycles. The van der Waals surface area contributed by atoms with Gasteiger partial charge in [0.05, 0.1) is 5.92 Å². The molecule has 3 aliphatic rings. The van der Waals surface area contributed by atoms with Crippen molar-refractivity contribution < 1.29 is 4.79 Å². The molecule has 0 aromatic heterocycles. The highest BCUT2D eigenvalue weighted by Crippen LogP contribution is 2.32. The summed E-state index contributed by atoms with van der Waals surface area (Å²) in [4.78, 5) is 16.7. The maximum absolute atomic E-state index is 12.3. The van der Waals surface area contributed by atoms with E-state index in [9.17, 15) is 4.79 Å². The smallest absolute Gasteiger partial charge is 0.234 e. The minimum absolute atomic E-state index is 0.252. The van der Waals surface area contributed by atoms with Gasteiger partial charge in [-0.15, -0.1) is 0 Å². The molecule has 0 spiro atoms. The maximum Gasteiger partial charge on any atom is 0.234 e. The Morgan fingerprint density at radius 3 is 2.47 bits per heavy atom. The summed E-state index contributed by atoms with van der Waals surface area (Å²) in [6.07, 6.45) is 8.77. The molecule has 1 radical (unpaired) electrons. The van der Waals surface area contributed by atoms with Gasteiger partial charge in [0.1, 0.15) is 0 Å². The number of likely N-dealkylation sites (tertiary alicyclic amines) is 2. The average Bonchev–Trinajstić information content (AvgIpc) is 2.86. The van der Waals surface area contributed by atoms with E-state index in [0.717, 1.165) is 38.5 Å². The molecule has 1 amide bonds. The van der Waals surface area contributed by atoms with Crippen molar-refractivity contribution in [1.82, 2.24) is 9.80 Å². The van der Waals surface area contributed by atoms with Crippen LogP contribution in [0.2, 0.25) is 0 Å². The Morgan fingerprint density at radius 2 is 1.88 bits per heavy atom. The van der Waals surface area contributed by atoms with E-state index in [4.69, 9.17) is 0 Å². The van der Waals surface area contributed by atoms with Crippen molar-refractivity contribution in [3.8, 4) is 0 Å². The third-order valence-electron chi connectivity index (χ3n) is 4.11. The molecule has 0 N–H and O–H groups in total. The van der Waals surface area contributed by atoms with Crippen molar-refractivity contribution >= 4 is 5.91 Å². The van der Waals surface area contributed by atoms with E-state index < -0.39 is 0 Å². The van der Waals surface area contributed by atoms with Gasteiger partial charge in [-0.2, -0.15) is 0 Å². The fourth-order valence-electron chi connectivity index (χ4n) is 3.27. The first-order valence-electron chi connectivity index (χ1n) is 6.41. The predicted molar refractivity (Wildman–Crippen MR) is 67.2 cm³/mol. The lowest BCUT2D eigenvalue weighted by atomic mass is 9.99. The van der Waals surface area contributed by atoms with E-state index in [1.54, 1.807) is 0 Å². The molecule has 3 heteroatoms. The monoisotopic (exact) mass is 231 g/mol. The van der Waals surface area contributed by atoms with Gasteiger partial charge in [-0.3, -0.25) is 4.79 Å². The summed E-state index contributed by atoms with van der Waals surface area (Å²) >= 11 is 0. The minimum Gasteiger partial charge on any atom is -0.341 e. The molecule has 2 saturated heterocycles. The molecule has 2 atom stereocenters. The van der Waals surface area contributed by atoms with Crippen molar-refractivity contribution in [2.24, 2.45) is 11.8 Å². The summed E-state index contributed by atoms with van der Waals surface area (Å²) in [6.45, 7) is 4.21. The van der Waals surface area contributed by atoms with Gasteiger partial charge >= 0.3 is 0 Å². The number of carbonyl (C=O) groups is 1. The van der Waals surface area contributed by atoms with Crippen LogP contribution in [0.3, 0.4) is 0 Å². The van der Waals surface area contributed by atoms with E-state index in [1.807, 2.05) is 18.2 Å². The van der Waals surface area contributed by atoms with Gasteiger partial charge in [0.15, 0.2) is 0 Å². The number of rotatable bonds is 1. The van der Waals surface area contributed by atoms with Crippen LogP contribution in [-0.4, -0.2) is 48.9 Å². The van der Waals surface area contributed by atoms with Crippen LogP contribution in [0.25, 0.3) is 0 Å². The second kappa shape index (κ2) is 4.30. The number of hydrogen-bond acceptors (Lipinski definition) is 2. The summed E-state index contributed by atoms with van der Waals surface area (Å²) in [5.74, 6) is 2.60. The van der Waals surface area contributed by atoms with Crippen LogP contribution in [-0.2, 0) is 4.79 Å². The molecular formula is C14H19N2O. The van der Waals surface area contributed by atoms with Crippen LogP contribution in [0.15, 0.2) is 24.3 Å². The molecule has 0 aromatic rings. The summed E-state index contributed by atoms with van der Waals surface area (Å²) in [5.41, 5.74) is 0. The van der Waals surface area contributed by atoms with Gasteiger partial charge in [-0.25, -0.2) is 0 Å². The highest BCUT2D eigenvalue weighted by molar-refractivity contribution is 5.93. The highest BCUT2D eigenvalue weighted by Gasteiger charge is 2.41. The molecule has 91 valence electrons. The van der Waals surface area contributed by atoms with E-state index in [-0.39, 0.29) is 5.91 Å². The van der Waals surface area contributed by atoms with Crippen molar-refractivity contribution in [2.45, 2.75) is 6.42 Å². The normalized spacial score (nSPS) is 33.4. The standard InChI is InChI=1S/C14H19N2O/c1-15-7-12-9-16(10-13(12)8-15)14(17)11-5-3-2-4-6-11/h2-5,12-13H,6-10H2,1H3. The van der Waals surface area contributed by atoms with Gasteiger partial charge in [0.2, 0.25) is 5.91 Å². The minimum atomic E-state index is 0.252. The number of hydrogen-bond donors (Lipinski definition) is 0. The summed E-state index contributed by atoms with van der Waals surface area (Å²) in [5, 5.41) is 0. The molecule has 2 aliphatic heterocycles. The van der Waals surface area contributed by atoms with E-state index in [2.05, 4.69) is 22.9 Å². The molecule has 2 fully saturated rings. The van der Waals surface area contributed by atoms with Crippen LogP contribution in [0.1, 0.15) is 6.42 Å². The Bertz CT molecular complexity index is 360. The number of carbonyl (C=O) groups excluding carboxylic acids is 1. The van der Waals surface area contributed by atoms with Crippen molar-refractivity contribution in [3.63, 3.8) is 0 Å². The Labute approximate surface area is 103 Å². The summed E-state index contributed by atoms with van der Waals surface area (Å²) in [6, 6.07) is 0. The third-order valence-corrected chi connectivity index (χ3v) is 4.11. The van der Waals surface area contributed by atoms with Gasteiger partial charge in [0, 0.05) is 26.2 Å². The molecule has 3 nitrogen and oxygen atoms in total. The maximum atomic E-state index is 12.3. The van der Waals surface area contributed by atoms with Crippen LogP contribution in [0.5, 0.6) is 0 Å². The topological polar surface area (TPSA) is 23.6 Å². The second-order valence-electron chi connectivity index (χ2n) is 5.47. The van der Waals surface area contributed by atoms with Crippen LogP contribution in [0.4, 0.5) is 0 Å². The first-order valence-corrected chi connectivity index (χ1v) is 6.41. The molecule has 17 heavy (non-hydrogen) atoms. The lowest BCUT2D eigenvalue weighted by Gasteiger charge is -2.23. The Morgan fingerprint density at radius 1 is 1.18 bits per heavy atom. The Kier molecular flexibility index (Phi) is 2.79. The Balaban J connectivity index is 1.62. The SMILES string of the molecule is CN1CC2CN(C(=O)[C]3C=CC=CC3)CC2C1. The van der Waals surface area contributed by atoms with Gasteiger partial charge in [-0.1, -0.05) is 24.3 Å². The lowest BCUT2D eigenvalue weighted by molar-refractivity contribution is -0.128. The van der Waals surface area contributed by atoms with Crippen molar-refractivity contribution in [1.29, 1.82) is 0 Å². The largest absolute Gasteiger partial charge is 0.341 e. The van der Waals surface area contributed by atoms with Gasteiger partial charge < -0.3 is 9.80 Å². The first kappa shape index (κ1) is 11.0. The highest BCUT2D eigenvalue weighted by atomic mass is 16.2. The summed E-state index contributed by atoms with van der Waals surface area (Å²) in [7, 11) is 2.17. The van der Waals surface area contributed by atoms with Gasteiger partial charge in [-0.05, 0) is 25.3 Å². The average molecular weight is 231 g/mol. The second-order valence-corrected chi connectivity index (χ2v) is 5.47. The van der Waals surface area contributed by atoms with Crippen LogP contribution in [0, 0.1) is 17.8 Å². The number of amides is 1. The zero-order valence-electron chi connectivity index (χ0n) is 10.3. The molecular weight excluding hydrogens is 212 g/mol. The van der Waals surface area contributed by atoms with E-state index >= 15 is 0 Å². The van der Waals surface area contributed by atoms with Gasteiger partial charge in [0.25, 0.3) is 0 Å². The fourth-order valence-corrected chi connectivity index (χ4v) is 3.27. The summed E-state index contributed by atoms with van der Waals surface area (Å²) < 4.78 is 0. The zero-order chi connectivity index (χ0) is 11.8. The number of allylic oxidation sites excluding steroid dienone is 3. The first-order chi connectivity index (χ1) is 8.24. The zero-order valence-corrected chi connectivity index (χ0v) is 10.3. The molecule has 2 unspecified atom stereocenters. The number of nitrogens with zero attached hydrogens (tertiary/aromatic N) is 2. The molecule has 0 aromatic carbocycles. The fraction of sp³-hybridized carbons (Fsp3) is 0.571. The van der Waals surface area contributed by atoms with Crippen LogP contribution < -0.4 is 0 Å². The quantitative estimate of drug-likeness (QED) is 0.674. The van der Waals surface area contributed by atoms with E-state index in [1.165, 1.54) is 0 Å². The molecule has 0 bridgehead atoms.